The number of nitrogens with one attached hydrogen (secondary N) is 1. The van der Waals surface area contributed by atoms with Crippen LogP contribution in [-0.4, -0.2) is 96.2 Å². The van der Waals surface area contributed by atoms with Gasteiger partial charge in [-0.2, -0.15) is 5.48 Å². The molecule has 17 heteroatoms. The molecule has 17 nitrogen and oxygen atoms in total. The summed E-state index contributed by atoms with van der Waals surface area (Å²) >= 11 is 0. The second-order valence-electron chi connectivity index (χ2n) is 6.84. The monoisotopic (exact) mass is 482 g/mol. The summed E-state index contributed by atoms with van der Waals surface area (Å²) in [5, 5.41) is 67.6. The Kier molecular flexibility index (Phi) is 9.86. The third-order valence-corrected chi connectivity index (χ3v) is 4.72. The quantitative estimate of drug-likeness (QED) is 0.0770. The van der Waals surface area contributed by atoms with Crippen molar-refractivity contribution in [3.05, 3.63) is 0 Å². The van der Waals surface area contributed by atoms with Gasteiger partial charge in [0, 0.05) is 13.1 Å². The van der Waals surface area contributed by atoms with Crippen LogP contribution in [0.15, 0.2) is 0 Å². The van der Waals surface area contributed by atoms with Crippen LogP contribution >= 0.6 is 0 Å². The van der Waals surface area contributed by atoms with Gasteiger partial charge in [0.15, 0.2) is 5.60 Å². The van der Waals surface area contributed by atoms with E-state index in [9.17, 15) is 59.1 Å². The van der Waals surface area contributed by atoms with Crippen LogP contribution in [0.1, 0.15) is 25.7 Å². The molecule has 0 saturated heterocycles. The van der Waals surface area contributed by atoms with E-state index in [0.29, 0.717) is 0 Å². The van der Waals surface area contributed by atoms with Crippen LogP contribution in [0, 0.1) is 10.8 Å². The summed E-state index contributed by atoms with van der Waals surface area (Å²) in [5.41, 5.74) is -5.10. The molecular formula is C16H22N2O15. The van der Waals surface area contributed by atoms with Gasteiger partial charge in [0.05, 0.1) is 25.7 Å². The Labute approximate surface area is 183 Å². The molecule has 186 valence electrons. The first kappa shape index (κ1) is 29.2. The molecule has 0 aromatic heterocycles. The van der Waals surface area contributed by atoms with Crippen LogP contribution in [0.25, 0.3) is 0 Å². The SMILES string of the molecule is NCCNOC(=O)C(CC(=O)O)(CC(=O)O)C(O)(C(=O)O)C(CC(=O)O)(CC(=O)O)C(=O)O. The molecule has 10 N–H and O–H groups in total. The van der Waals surface area contributed by atoms with E-state index < -0.39 is 83.9 Å². The average Bonchev–Trinajstić information content (AvgIpc) is 2.64. The molecule has 0 amide bonds. The van der Waals surface area contributed by atoms with E-state index >= 15 is 0 Å². The number of hydrogen-bond acceptors (Lipinski definition) is 11. The maximum Gasteiger partial charge on any atom is 0.338 e. The Balaban J connectivity index is 7.64. The van der Waals surface area contributed by atoms with Crippen LogP contribution in [0.4, 0.5) is 0 Å². The molecular weight excluding hydrogens is 460 g/mol. The zero-order valence-electron chi connectivity index (χ0n) is 16.7. The fourth-order valence-electron chi connectivity index (χ4n) is 3.41. The molecule has 1 unspecified atom stereocenters. The number of hydrogen-bond donors (Lipinski definition) is 9. The Bertz CT molecular complexity index is 806. The van der Waals surface area contributed by atoms with Crippen LogP contribution in [0.2, 0.25) is 0 Å². The molecule has 0 aliphatic carbocycles. The van der Waals surface area contributed by atoms with E-state index in [0.717, 1.165) is 0 Å². The summed E-state index contributed by atoms with van der Waals surface area (Å²) in [6.07, 6.45) is -7.77. The molecule has 1 atom stereocenters. The van der Waals surface area contributed by atoms with Crippen molar-refractivity contribution >= 4 is 41.8 Å². The number of carbonyl (C=O) groups is 7. The smallest absolute Gasteiger partial charge is 0.338 e. The highest BCUT2D eigenvalue weighted by Gasteiger charge is 2.76. The molecule has 0 aliphatic heterocycles. The van der Waals surface area contributed by atoms with E-state index in [4.69, 9.17) is 15.9 Å². The maximum absolute atomic E-state index is 12.8. The van der Waals surface area contributed by atoms with E-state index in [-0.39, 0.29) is 13.1 Å². The van der Waals surface area contributed by atoms with E-state index in [1.807, 2.05) is 5.48 Å². The second-order valence-corrected chi connectivity index (χ2v) is 6.84. The third kappa shape index (κ3) is 5.90. The summed E-state index contributed by atoms with van der Waals surface area (Å²) in [6, 6.07) is 0. The summed E-state index contributed by atoms with van der Waals surface area (Å²) in [6.45, 7) is -0.583. The molecule has 33 heavy (non-hydrogen) atoms. The number of rotatable bonds is 16. The number of carbonyl (C=O) groups excluding carboxylic acids is 1. The molecule has 0 radical (unpaired) electrons. The topological polar surface area (TPSA) is 308 Å². The number of hydroxylamine groups is 1. The van der Waals surface area contributed by atoms with Crippen molar-refractivity contribution in [3.8, 4) is 0 Å². The Hall–Kier alpha value is -3.83. The molecule has 0 aromatic carbocycles. The van der Waals surface area contributed by atoms with Crippen LogP contribution in [0.5, 0.6) is 0 Å². The zero-order valence-corrected chi connectivity index (χ0v) is 16.7. The minimum atomic E-state index is -4.46. The Morgan fingerprint density at radius 3 is 1.30 bits per heavy atom. The van der Waals surface area contributed by atoms with Crippen molar-refractivity contribution in [2.24, 2.45) is 16.6 Å². The van der Waals surface area contributed by atoms with Gasteiger partial charge in [0.1, 0.15) is 10.8 Å². The molecule has 0 aliphatic rings. The molecule has 0 saturated carbocycles. The van der Waals surface area contributed by atoms with Gasteiger partial charge in [0.2, 0.25) is 0 Å². The summed E-state index contributed by atoms with van der Waals surface area (Å²) in [5.74, 6) is -16.1. The van der Waals surface area contributed by atoms with Gasteiger partial charge in [-0.05, 0) is 0 Å². The van der Waals surface area contributed by atoms with Gasteiger partial charge in [-0.3, -0.25) is 24.0 Å². The first-order valence-electron chi connectivity index (χ1n) is 8.74. The lowest BCUT2D eigenvalue weighted by Crippen LogP contribution is -2.71. The fourth-order valence-corrected chi connectivity index (χ4v) is 3.41. The van der Waals surface area contributed by atoms with Crippen molar-refractivity contribution in [1.82, 2.24) is 5.48 Å². The zero-order chi connectivity index (χ0) is 26.2. The number of nitrogens with two attached hydrogens (primary N) is 1. The normalized spacial score (nSPS) is 13.4. The van der Waals surface area contributed by atoms with E-state index in [1.54, 1.807) is 0 Å². The second kappa shape index (κ2) is 11.2. The highest BCUT2D eigenvalue weighted by Crippen LogP contribution is 2.54. The van der Waals surface area contributed by atoms with Gasteiger partial charge in [0.25, 0.3) is 0 Å². The molecule has 0 spiro atoms. The summed E-state index contributed by atoms with van der Waals surface area (Å²) in [7, 11) is 0. The molecule has 0 aromatic rings. The van der Waals surface area contributed by atoms with Crippen molar-refractivity contribution in [3.63, 3.8) is 0 Å². The predicted octanol–water partition coefficient (Wildman–Crippen LogP) is -3.24. The lowest BCUT2D eigenvalue weighted by Gasteiger charge is -2.48. The Morgan fingerprint density at radius 2 is 1.03 bits per heavy atom. The highest BCUT2D eigenvalue weighted by atomic mass is 16.7. The lowest BCUT2D eigenvalue weighted by atomic mass is 9.53. The highest BCUT2D eigenvalue weighted by molar-refractivity contribution is 6.01. The first-order valence-corrected chi connectivity index (χ1v) is 8.74. The van der Waals surface area contributed by atoms with Gasteiger partial charge in [-0.15, -0.1) is 0 Å². The minimum Gasteiger partial charge on any atom is -0.481 e. The van der Waals surface area contributed by atoms with Crippen LogP contribution in [0.3, 0.4) is 0 Å². The largest absolute Gasteiger partial charge is 0.481 e. The third-order valence-electron chi connectivity index (χ3n) is 4.72. The maximum atomic E-state index is 12.8. The fraction of sp³-hybridized carbons (Fsp3) is 0.562. The van der Waals surface area contributed by atoms with Crippen molar-refractivity contribution < 1.29 is 74.1 Å². The van der Waals surface area contributed by atoms with Gasteiger partial charge < -0.3 is 46.3 Å². The number of aliphatic carboxylic acids is 6. The standard InChI is InChI=1S/C16H22N2O15/c17-1-2-18-33-13(31)15(5-9(23)24,6-10(25)26)16(32,12(29)30)14(11(27)28,3-7(19)20)4-8(21)22/h18,32H,1-6,17H2,(H,19,20)(H,21,22)(H,23,24)(H,25,26)(H,27,28)(H,29,30). The number of carboxylic acids is 6. The number of aliphatic hydroxyl groups is 1. The van der Waals surface area contributed by atoms with Gasteiger partial charge in [-0.25, -0.2) is 9.59 Å². The molecule has 0 rings (SSSR count). The van der Waals surface area contributed by atoms with Gasteiger partial charge in [-0.1, -0.05) is 0 Å². The molecule has 0 bridgehead atoms. The van der Waals surface area contributed by atoms with Gasteiger partial charge >= 0.3 is 41.8 Å². The summed E-state index contributed by atoms with van der Waals surface area (Å²) in [4.78, 5) is 87.4. The summed E-state index contributed by atoms with van der Waals surface area (Å²) < 4.78 is 0. The van der Waals surface area contributed by atoms with E-state index in [2.05, 4.69) is 4.84 Å². The molecule has 0 heterocycles. The lowest BCUT2D eigenvalue weighted by molar-refractivity contribution is -0.233. The van der Waals surface area contributed by atoms with Crippen molar-refractivity contribution in [2.45, 2.75) is 31.3 Å². The Morgan fingerprint density at radius 1 is 0.667 bits per heavy atom. The van der Waals surface area contributed by atoms with Crippen molar-refractivity contribution in [1.29, 1.82) is 0 Å². The first-order chi connectivity index (χ1) is 15.0. The minimum absolute atomic E-state index is 0.224. The molecule has 0 fully saturated rings. The number of carboxylic acid groups (broad SMARTS) is 6. The van der Waals surface area contributed by atoms with E-state index in [1.165, 1.54) is 0 Å². The van der Waals surface area contributed by atoms with Crippen LogP contribution in [-0.2, 0) is 38.4 Å². The average molecular weight is 482 g/mol. The van der Waals surface area contributed by atoms with Crippen LogP contribution < -0.4 is 11.2 Å². The predicted molar refractivity (Wildman–Crippen MR) is 97.2 cm³/mol. The van der Waals surface area contributed by atoms with Crippen molar-refractivity contribution in [2.75, 3.05) is 13.1 Å².